The van der Waals surface area contributed by atoms with Crippen molar-refractivity contribution in [2.45, 2.75) is 50.7 Å². The number of piperidine rings is 1. The van der Waals surface area contributed by atoms with Crippen LogP contribution in [0.5, 0.6) is 0 Å². The molecule has 1 aliphatic carbocycles. The second-order valence-electron chi connectivity index (χ2n) is 5.01. The SMILES string of the molecule is Cl.O=C(NCC1CCCC1O)C1CCCCN1. The number of carbonyl (C=O) groups is 1. The molecule has 100 valence electrons. The van der Waals surface area contributed by atoms with Gasteiger partial charge in [-0.1, -0.05) is 12.8 Å². The Bertz CT molecular complexity index is 245. The first-order valence-electron chi connectivity index (χ1n) is 6.46. The quantitative estimate of drug-likeness (QED) is 0.706. The molecule has 1 saturated carbocycles. The van der Waals surface area contributed by atoms with Crippen LogP contribution in [0.4, 0.5) is 0 Å². The smallest absolute Gasteiger partial charge is 0.237 e. The molecule has 1 aliphatic heterocycles. The first-order valence-corrected chi connectivity index (χ1v) is 6.46. The molecule has 3 atom stereocenters. The minimum absolute atomic E-state index is 0. The van der Waals surface area contributed by atoms with Crippen molar-refractivity contribution in [2.24, 2.45) is 5.92 Å². The average molecular weight is 263 g/mol. The zero-order valence-corrected chi connectivity index (χ0v) is 11.0. The summed E-state index contributed by atoms with van der Waals surface area (Å²) in [7, 11) is 0. The predicted octanol–water partition coefficient (Wildman–Crippen LogP) is 0.827. The van der Waals surface area contributed by atoms with Crippen LogP contribution in [0.2, 0.25) is 0 Å². The highest BCUT2D eigenvalue weighted by Gasteiger charge is 2.27. The molecule has 3 N–H and O–H groups in total. The number of aliphatic hydroxyl groups excluding tert-OH is 1. The third-order valence-electron chi connectivity index (χ3n) is 3.78. The summed E-state index contributed by atoms with van der Waals surface area (Å²) in [6, 6.07) is -0.00713. The molecule has 17 heavy (non-hydrogen) atoms. The Kier molecular flexibility index (Phi) is 6.23. The summed E-state index contributed by atoms with van der Waals surface area (Å²) < 4.78 is 0. The number of rotatable bonds is 3. The molecular formula is C12H23ClN2O2. The lowest BCUT2D eigenvalue weighted by molar-refractivity contribution is -0.123. The van der Waals surface area contributed by atoms with Crippen molar-refractivity contribution in [3.63, 3.8) is 0 Å². The Labute approximate surface area is 109 Å². The van der Waals surface area contributed by atoms with Gasteiger partial charge >= 0.3 is 0 Å². The van der Waals surface area contributed by atoms with Crippen LogP contribution in [0.3, 0.4) is 0 Å². The molecule has 4 nitrogen and oxygen atoms in total. The third-order valence-corrected chi connectivity index (χ3v) is 3.78. The molecule has 5 heteroatoms. The number of aliphatic hydroxyl groups is 1. The van der Waals surface area contributed by atoms with Gasteiger partial charge in [0.2, 0.25) is 5.91 Å². The zero-order valence-electron chi connectivity index (χ0n) is 10.2. The minimum Gasteiger partial charge on any atom is -0.393 e. The van der Waals surface area contributed by atoms with Crippen molar-refractivity contribution in [1.82, 2.24) is 10.6 Å². The highest BCUT2D eigenvalue weighted by atomic mass is 35.5. The number of carbonyl (C=O) groups excluding carboxylic acids is 1. The molecule has 0 radical (unpaired) electrons. The number of amides is 1. The van der Waals surface area contributed by atoms with Gasteiger partial charge in [-0.3, -0.25) is 4.79 Å². The Morgan fingerprint density at radius 3 is 2.65 bits per heavy atom. The van der Waals surface area contributed by atoms with Crippen molar-refractivity contribution < 1.29 is 9.90 Å². The van der Waals surface area contributed by atoms with E-state index in [2.05, 4.69) is 10.6 Å². The van der Waals surface area contributed by atoms with E-state index >= 15 is 0 Å². The second-order valence-corrected chi connectivity index (χ2v) is 5.01. The fourth-order valence-corrected chi connectivity index (χ4v) is 2.69. The van der Waals surface area contributed by atoms with Gasteiger partial charge in [-0.15, -0.1) is 12.4 Å². The summed E-state index contributed by atoms with van der Waals surface area (Å²) in [5.74, 6) is 0.381. The van der Waals surface area contributed by atoms with Gasteiger partial charge in [0.05, 0.1) is 12.1 Å². The normalized spacial score (nSPS) is 32.9. The van der Waals surface area contributed by atoms with Crippen LogP contribution in [-0.2, 0) is 4.79 Å². The Morgan fingerprint density at radius 1 is 1.24 bits per heavy atom. The van der Waals surface area contributed by atoms with Crippen molar-refractivity contribution in [1.29, 1.82) is 0 Å². The Balaban J connectivity index is 0.00000144. The van der Waals surface area contributed by atoms with Crippen LogP contribution < -0.4 is 10.6 Å². The zero-order chi connectivity index (χ0) is 11.4. The average Bonchev–Trinajstić information content (AvgIpc) is 2.73. The molecule has 0 aromatic heterocycles. The van der Waals surface area contributed by atoms with Crippen LogP contribution in [0, 0.1) is 5.92 Å². The molecule has 2 fully saturated rings. The van der Waals surface area contributed by atoms with Gasteiger partial charge in [-0.05, 0) is 32.2 Å². The molecule has 1 saturated heterocycles. The van der Waals surface area contributed by atoms with Gasteiger partial charge in [0, 0.05) is 12.5 Å². The Morgan fingerprint density at radius 2 is 2.06 bits per heavy atom. The van der Waals surface area contributed by atoms with E-state index in [0.717, 1.165) is 38.6 Å². The fourth-order valence-electron chi connectivity index (χ4n) is 2.69. The van der Waals surface area contributed by atoms with Crippen LogP contribution >= 0.6 is 12.4 Å². The molecule has 0 aromatic rings. The lowest BCUT2D eigenvalue weighted by Gasteiger charge is -2.23. The maximum atomic E-state index is 11.8. The van der Waals surface area contributed by atoms with Crippen molar-refractivity contribution in [2.75, 3.05) is 13.1 Å². The van der Waals surface area contributed by atoms with Gasteiger partial charge in [0.25, 0.3) is 0 Å². The molecule has 0 bridgehead atoms. The second kappa shape index (κ2) is 7.19. The van der Waals surface area contributed by atoms with E-state index in [-0.39, 0.29) is 36.4 Å². The van der Waals surface area contributed by atoms with E-state index in [1.165, 1.54) is 6.42 Å². The van der Waals surface area contributed by atoms with Crippen LogP contribution in [0.15, 0.2) is 0 Å². The maximum absolute atomic E-state index is 11.8. The van der Waals surface area contributed by atoms with Gasteiger partial charge in [0.15, 0.2) is 0 Å². The van der Waals surface area contributed by atoms with E-state index in [4.69, 9.17) is 0 Å². The molecule has 2 aliphatic rings. The van der Waals surface area contributed by atoms with Gasteiger partial charge in [-0.25, -0.2) is 0 Å². The molecule has 3 unspecified atom stereocenters. The summed E-state index contributed by atoms with van der Waals surface area (Å²) in [5, 5.41) is 15.8. The lowest BCUT2D eigenvalue weighted by Crippen LogP contribution is -2.48. The number of halogens is 1. The maximum Gasteiger partial charge on any atom is 0.237 e. The third kappa shape index (κ3) is 4.12. The van der Waals surface area contributed by atoms with E-state index in [0.29, 0.717) is 6.54 Å². The van der Waals surface area contributed by atoms with Crippen LogP contribution in [0.1, 0.15) is 38.5 Å². The van der Waals surface area contributed by atoms with Gasteiger partial charge in [0.1, 0.15) is 0 Å². The standard InChI is InChI=1S/C12H22N2O2.ClH/c15-11-6-3-4-9(11)8-14-12(16)10-5-1-2-7-13-10;/h9-11,13,15H,1-8H2,(H,14,16);1H. The van der Waals surface area contributed by atoms with Crippen molar-refractivity contribution >= 4 is 18.3 Å². The summed E-state index contributed by atoms with van der Waals surface area (Å²) in [5.41, 5.74) is 0. The molecule has 2 rings (SSSR count). The van der Waals surface area contributed by atoms with E-state index in [9.17, 15) is 9.90 Å². The lowest BCUT2D eigenvalue weighted by atomic mass is 10.0. The molecule has 1 amide bonds. The molecule has 0 spiro atoms. The van der Waals surface area contributed by atoms with Crippen LogP contribution in [0.25, 0.3) is 0 Å². The summed E-state index contributed by atoms with van der Waals surface area (Å²) in [6.45, 7) is 1.59. The number of hydrogen-bond acceptors (Lipinski definition) is 3. The van der Waals surface area contributed by atoms with Crippen molar-refractivity contribution in [3.05, 3.63) is 0 Å². The van der Waals surface area contributed by atoms with Crippen molar-refractivity contribution in [3.8, 4) is 0 Å². The van der Waals surface area contributed by atoms with Crippen LogP contribution in [-0.4, -0.2) is 36.2 Å². The Hall–Kier alpha value is -0.320. The largest absolute Gasteiger partial charge is 0.393 e. The summed E-state index contributed by atoms with van der Waals surface area (Å²) in [4.78, 5) is 11.8. The highest BCUT2D eigenvalue weighted by Crippen LogP contribution is 2.24. The fraction of sp³-hybridized carbons (Fsp3) is 0.917. The van der Waals surface area contributed by atoms with Gasteiger partial charge in [-0.2, -0.15) is 0 Å². The van der Waals surface area contributed by atoms with E-state index in [1.807, 2.05) is 0 Å². The van der Waals surface area contributed by atoms with E-state index < -0.39 is 0 Å². The molecular weight excluding hydrogens is 240 g/mol. The number of nitrogens with one attached hydrogen (secondary N) is 2. The minimum atomic E-state index is -0.209. The number of hydrogen-bond donors (Lipinski definition) is 3. The highest BCUT2D eigenvalue weighted by molar-refractivity contribution is 5.85. The molecule has 0 aromatic carbocycles. The van der Waals surface area contributed by atoms with E-state index in [1.54, 1.807) is 0 Å². The monoisotopic (exact) mass is 262 g/mol. The topological polar surface area (TPSA) is 61.4 Å². The first-order chi connectivity index (χ1) is 7.77. The summed E-state index contributed by atoms with van der Waals surface area (Å²) >= 11 is 0. The van der Waals surface area contributed by atoms with Gasteiger partial charge < -0.3 is 15.7 Å². The predicted molar refractivity (Wildman–Crippen MR) is 69.2 cm³/mol. The summed E-state index contributed by atoms with van der Waals surface area (Å²) in [6.07, 6.45) is 6.06. The molecule has 1 heterocycles. The first kappa shape index (κ1) is 14.7.